The van der Waals surface area contributed by atoms with Crippen LogP contribution in [0.2, 0.25) is 0 Å². The van der Waals surface area contributed by atoms with E-state index in [1.54, 1.807) is 11.0 Å². The summed E-state index contributed by atoms with van der Waals surface area (Å²) in [6.45, 7) is 3.75. The monoisotopic (exact) mass is 443 g/mol. The van der Waals surface area contributed by atoms with E-state index in [1.165, 1.54) is 12.1 Å². The van der Waals surface area contributed by atoms with E-state index in [-0.39, 0.29) is 6.03 Å². The third kappa shape index (κ3) is 6.64. The van der Waals surface area contributed by atoms with Crippen molar-refractivity contribution in [3.05, 3.63) is 95.3 Å². The summed E-state index contributed by atoms with van der Waals surface area (Å²) in [5, 5.41) is 2.96. The third-order valence-corrected chi connectivity index (χ3v) is 5.19. The Morgan fingerprint density at radius 2 is 1.72 bits per heavy atom. The number of aromatic nitrogens is 1. The lowest BCUT2D eigenvalue weighted by molar-refractivity contribution is -0.137. The standard InChI is InChI=1S/C25H28F3N3O/c1-2-3-14-29-24(32)31(17-20-9-5-4-6-10-20)19-23-13-8-15-30(23)18-21-11-7-12-22(16-21)25(26,27)28/h4-13,15-16H,2-3,14,17-19H2,1H3,(H,29,32). The molecule has 0 aliphatic carbocycles. The summed E-state index contributed by atoms with van der Waals surface area (Å²) >= 11 is 0. The van der Waals surface area contributed by atoms with Crippen LogP contribution in [-0.4, -0.2) is 22.0 Å². The molecule has 32 heavy (non-hydrogen) atoms. The highest BCUT2D eigenvalue weighted by atomic mass is 19.4. The number of alkyl halides is 3. The van der Waals surface area contributed by atoms with Gasteiger partial charge in [-0.25, -0.2) is 4.79 Å². The van der Waals surface area contributed by atoms with Gasteiger partial charge in [-0.15, -0.1) is 0 Å². The van der Waals surface area contributed by atoms with Crippen LogP contribution in [0, 0.1) is 0 Å². The number of hydrogen-bond acceptors (Lipinski definition) is 1. The highest BCUT2D eigenvalue weighted by molar-refractivity contribution is 5.74. The highest BCUT2D eigenvalue weighted by Gasteiger charge is 2.30. The number of amides is 2. The minimum absolute atomic E-state index is 0.158. The van der Waals surface area contributed by atoms with E-state index in [0.29, 0.717) is 31.7 Å². The Bertz CT molecular complexity index is 999. The van der Waals surface area contributed by atoms with Crippen molar-refractivity contribution in [3.63, 3.8) is 0 Å². The molecule has 2 amide bonds. The first-order valence-electron chi connectivity index (χ1n) is 10.7. The molecule has 1 N–H and O–H groups in total. The average molecular weight is 444 g/mol. The summed E-state index contributed by atoms with van der Waals surface area (Å²) in [4.78, 5) is 14.6. The zero-order valence-corrected chi connectivity index (χ0v) is 18.1. The molecule has 0 aliphatic heterocycles. The van der Waals surface area contributed by atoms with Crippen LogP contribution in [0.1, 0.15) is 42.1 Å². The van der Waals surface area contributed by atoms with Gasteiger partial charge in [0.25, 0.3) is 0 Å². The molecule has 3 rings (SSSR count). The quantitative estimate of drug-likeness (QED) is 0.401. The van der Waals surface area contributed by atoms with Gasteiger partial charge in [0.05, 0.1) is 12.1 Å². The maximum absolute atomic E-state index is 13.1. The van der Waals surface area contributed by atoms with Crippen LogP contribution in [0.3, 0.4) is 0 Å². The van der Waals surface area contributed by atoms with Crippen LogP contribution in [0.5, 0.6) is 0 Å². The normalized spacial score (nSPS) is 11.4. The molecule has 0 saturated carbocycles. The summed E-state index contributed by atoms with van der Waals surface area (Å²) in [6.07, 6.45) is -0.667. The Morgan fingerprint density at radius 1 is 0.969 bits per heavy atom. The number of unbranched alkanes of at least 4 members (excludes halogenated alkanes) is 1. The Balaban J connectivity index is 1.77. The molecular formula is C25H28F3N3O. The van der Waals surface area contributed by atoms with Crippen molar-refractivity contribution in [3.8, 4) is 0 Å². The minimum Gasteiger partial charge on any atom is -0.345 e. The van der Waals surface area contributed by atoms with Gasteiger partial charge in [-0.05, 0) is 41.8 Å². The van der Waals surface area contributed by atoms with Gasteiger partial charge in [0.1, 0.15) is 0 Å². The number of urea groups is 1. The molecule has 1 aromatic heterocycles. The van der Waals surface area contributed by atoms with Gasteiger partial charge in [0.2, 0.25) is 0 Å². The molecule has 3 aromatic rings. The third-order valence-electron chi connectivity index (χ3n) is 5.19. The van der Waals surface area contributed by atoms with Crippen molar-refractivity contribution >= 4 is 6.03 Å². The Morgan fingerprint density at radius 3 is 2.44 bits per heavy atom. The van der Waals surface area contributed by atoms with Crippen molar-refractivity contribution in [1.29, 1.82) is 0 Å². The predicted molar refractivity (Wildman–Crippen MR) is 119 cm³/mol. The summed E-state index contributed by atoms with van der Waals surface area (Å²) < 4.78 is 41.1. The van der Waals surface area contributed by atoms with Gasteiger partial charge in [-0.1, -0.05) is 55.8 Å². The maximum Gasteiger partial charge on any atom is 0.416 e. The lowest BCUT2D eigenvalue weighted by Gasteiger charge is -2.24. The van der Waals surface area contributed by atoms with Gasteiger partial charge in [-0.2, -0.15) is 13.2 Å². The summed E-state index contributed by atoms with van der Waals surface area (Å²) in [5.74, 6) is 0. The topological polar surface area (TPSA) is 37.3 Å². The second-order valence-corrected chi connectivity index (χ2v) is 7.75. The first-order valence-corrected chi connectivity index (χ1v) is 10.7. The number of nitrogens with zero attached hydrogens (tertiary/aromatic N) is 2. The molecule has 1 heterocycles. The van der Waals surface area contributed by atoms with Crippen molar-refractivity contribution in [2.24, 2.45) is 0 Å². The van der Waals surface area contributed by atoms with Crippen molar-refractivity contribution < 1.29 is 18.0 Å². The van der Waals surface area contributed by atoms with E-state index in [0.717, 1.165) is 30.2 Å². The number of hydrogen-bond donors (Lipinski definition) is 1. The van der Waals surface area contributed by atoms with Gasteiger partial charge >= 0.3 is 12.2 Å². The predicted octanol–water partition coefficient (Wildman–Crippen LogP) is 6.07. The second kappa shape index (κ2) is 10.9. The molecule has 170 valence electrons. The molecule has 0 atom stereocenters. The fourth-order valence-electron chi connectivity index (χ4n) is 3.47. The number of benzene rings is 2. The molecule has 0 radical (unpaired) electrons. The SMILES string of the molecule is CCCCNC(=O)N(Cc1ccccc1)Cc1cccn1Cc1cccc(C(F)(F)F)c1. The van der Waals surface area contributed by atoms with Crippen molar-refractivity contribution in [2.45, 2.75) is 45.6 Å². The van der Waals surface area contributed by atoms with Crippen molar-refractivity contribution in [2.75, 3.05) is 6.54 Å². The Kier molecular flexibility index (Phi) is 7.98. The van der Waals surface area contributed by atoms with Crippen LogP contribution in [0.4, 0.5) is 18.0 Å². The van der Waals surface area contributed by atoms with Crippen LogP contribution < -0.4 is 5.32 Å². The Hall–Kier alpha value is -3.22. The number of halogens is 3. The summed E-state index contributed by atoms with van der Waals surface area (Å²) in [7, 11) is 0. The molecule has 0 fully saturated rings. The highest BCUT2D eigenvalue weighted by Crippen LogP contribution is 2.29. The van der Waals surface area contributed by atoms with Gasteiger partial charge < -0.3 is 14.8 Å². The molecule has 0 saturated heterocycles. The largest absolute Gasteiger partial charge is 0.416 e. The first-order chi connectivity index (χ1) is 15.4. The lowest BCUT2D eigenvalue weighted by Crippen LogP contribution is -2.39. The van der Waals surface area contributed by atoms with E-state index in [1.807, 2.05) is 53.2 Å². The van der Waals surface area contributed by atoms with Gasteiger partial charge in [0, 0.05) is 31.5 Å². The average Bonchev–Trinajstić information content (AvgIpc) is 3.20. The summed E-state index contributed by atoms with van der Waals surface area (Å²) in [6, 6.07) is 18.6. The first kappa shape index (κ1) is 23.4. The van der Waals surface area contributed by atoms with Gasteiger partial charge in [0.15, 0.2) is 0 Å². The van der Waals surface area contributed by atoms with Crippen LogP contribution in [0.15, 0.2) is 72.9 Å². The van der Waals surface area contributed by atoms with Crippen LogP contribution in [0.25, 0.3) is 0 Å². The molecular weight excluding hydrogens is 415 g/mol. The molecule has 7 heteroatoms. The Labute approximate surface area is 186 Å². The molecule has 0 bridgehead atoms. The fraction of sp³-hybridized carbons (Fsp3) is 0.320. The zero-order valence-electron chi connectivity index (χ0n) is 18.1. The van der Waals surface area contributed by atoms with Gasteiger partial charge in [-0.3, -0.25) is 0 Å². The summed E-state index contributed by atoms with van der Waals surface area (Å²) in [5.41, 5.74) is 1.75. The van der Waals surface area contributed by atoms with E-state index in [9.17, 15) is 18.0 Å². The molecule has 0 unspecified atom stereocenters. The van der Waals surface area contributed by atoms with E-state index in [4.69, 9.17) is 0 Å². The molecule has 0 aliphatic rings. The van der Waals surface area contributed by atoms with Crippen LogP contribution >= 0.6 is 0 Å². The number of carbonyl (C=O) groups excluding carboxylic acids is 1. The minimum atomic E-state index is -4.38. The lowest BCUT2D eigenvalue weighted by atomic mass is 10.1. The fourth-order valence-corrected chi connectivity index (χ4v) is 3.47. The number of rotatable bonds is 9. The van der Waals surface area contributed by atoms with Crippen molar-refractivity contribution in [1.82, 2.24) is 14.8 Å². The molecule has 2 aromatic carbocycles. The number of carbonyl (C=O) groups is 1. The van der Waals surface area contributed by atoms with E-state index >= 15 is 0 Å². The van der Waals surface area contributed by atoms with E-state index in [2.05, 4.69) is 12.2 Å². The van der Waals surface area contributed by atoms with E-state index < -0.39 is 11.7 Å². The van der Waals surface area contributed by atoms with Crippen LogP contribution in [-0.2, 0) is 25.8 Å². The molecule has 0 spiro atoms. The molecule has 4 nitrogen and oxygen atoms in total. The second-order valence-electron chi connectivity index (χ2n) is 7.75. The smallest absolute Gasteiger partial charge is 0.345 e. The number of nitrogens with one attached hydrogen (secondary N) is 1. The maximum atomic E-state index is 13.1. The zero-order chi connectivity index (χ0) is 23.0.